The molecular weight excluding hydrogens is 292 g/mol. The number of hydrogen-bond donors (Lipinski definition) is 1. The molecular formula is C18H22N2O3. The first-order chi connectivity index (χ1) is 11.2. The standard InChI is InChI=1S/C18H22N2O3/c1-3-16-15(13(2)23-20-16)12-19-17(21)18(10-7-11-22-18)14-8-5-4-6-9-14/h4-6,8-9H,3,7,10-12H2,1-2H3,(H,19,21). The van der Waals surface area contributed by atoms with E-state index < -0.39 is 5.60 Å². The second-order valence-corrected chi connectivity index (χ2v) is 5.85. The number of carbonyl (C=O) groups excluding carboxylic acids is 1. The van der Waals surface area contributed by atoms with E-state index in [0.29, 0.717) is 19.6 Å². The zero-order valence-corrected chi connectivity index (χ0v) is 13.6. The molecule has 1 fully saturated rings. The van der Waals surface area contributed by atoms with E-state index >= 15 is 0 Å². The summed E-state index contributed by atoms with van der Waals surface area (Å²) in [7, 11) is 0. The van der Waals surface area contributed by atoms with Gasteiger partial charge in [0.2, 0.25) is 0 Å². The molecule has 1 amide bonds. The van der Waals surface area contributed by atoms with Crippen molar-refractivity contribution in [2.75, 3.05) is 6.61 Å². The van der Waals surface area contributed by atoms with Gasteiger partial charge in [0.15, 0.2) is 5.60 Å². The van der Waals surface area contributed by atoms with Crippen LogP contribution < -0.4 is 5.32 Å². The maximum Gasteiger partial charge on any atom is 0.257 e. The lowest BCUT2D eigenvalue weighted by Gasteiger charge is -2.27. The number of ether oxygens (including phenoxy) is 1. The normalized spacial score (nSPS) is 20.6. The second-order valence-electron chi connectivity index (χ2n) is 5.85. The summed E-state index contributed by atoms with van der Waals surface area (Å²) < 4.78 is 11.1. The molecule has 2 aromatic rings. The highest BCUT2D eigenvalue weighted by Crippen LogP contribution is 2.36. The molecule has 0 bridgehead atoms. The molecule has 2 heterocycles. The molecule has 0 saturated carbocycles. The van der Waals surface area contributed by atoms with Crippen molar-refractivity contribution in [2.24, 2.45) is 0 Å². The number of amides is 1. The minimum Gasteiger partial charge on any atom is -0.361 e. The highest BCUT2D eigenvalue weighted by molar-refractivity contribution is 5.86. The highest BCUT2D eigenvalue weighted by Gasteiger charge is 2.44. The Bertz CT molecular complexity index is 673. The molecule has 0 aliphatic carbocycles. The van der Waals surface area contributed by atoms with Crippen LogP contribution in [-0.4, -0.2) is 17.7 Å². The summed E-state index contributed by atoms with van der Waals surface area (Å²) in [5, 5.41) is 7.05. The molecule has 1 N–H and O–H groups in total. The summed E-state index contributed by atoms with van der Waals surface area (Å²) in [6.45, 7) is 4.91. The third-order valence-electron chi connectivity index (χ3n) is 4.46. The Hall–Kier alpha value is -2.14. The number of benzene rings is 1. The number of carbonyl (C=O) groups is 1. The first-order valence-electron chi connectivity index (χ1n) is 8.09. The van der Waals surface area contributed by atoms with Crippen LogP contribution in [0.15, 0.2) is 34.9 Å². The van der Waals surface area contributed by atoms with Crippen LogP contribution in [0.1, 0.15) is 42.3 Å². The van der Waals surface area contributed by atoms with Crippen LogP contribution in [0.3, 0.4) is 0 Å². The maximum absolute atomic E-state index is 12.9. The number of nitrogens with one attached hydrogen (secondary N) is 1. The Labute approximate surface area is 136 Å². The molecule has 1 aliphatic heterocycles. The molecule has 1 aliphatic rings. The van der Waals surface area contributed by atoms with Gasteiger partial charge in [-0.2, -0.15) is 0 Å². The van der Waals surface area contributed by atoms with Crippen LogP contribution in [-0.2, 0) is 28.1 Å². The Morgan fingerprint density at radius 2 is 2.13 bits per heavy atom. The van der Waals surface area contributed by atoms with Gasteiger partial charge in [0.25, 0.3) is 5.91 Å². The molecule has 5 heteroatoms. The fourth-order valence-corrected chi connectivity index (χ4v) is 3.14. The van der Waals surface area contributed by atoms with E-state index in [1.165, 1.54) is 0 Å². The Morgan fingerprint density at radius 3 is 2.78 bits per heavy atom. The fraction of sp³-hybridized carbons (Fsp3) is 0.444. The van der Waals surface area contributed by atoms with E-state index in [9.17, 15) is 4.79 Å². The minimum atomic E-state index is -0.876. The van der Waals surface area contributed by atoms with Crippen LogP contribution in [0.25, 0.3) is 0 Å². The third kappa shape index (κ3) is 2.88. The molecule has 122 valence electrons. The molecule has 0 radical (unpaired) electrons. The number of rotatable bonds is 5. The highest BCUT2D eigenvalue weighted by atomic mass is 16.5. The van der Waals surface area contributed by atoms with E-state index in [-0.39, 0.29) is 5.91 Å². The van der Waals surface area contributed by atoms with Crippen molar-refractivity contribution in [1.82, 2.24) is 10.5 Å². The lowest BCUT2D eigenvalue weighted by Crippen LogP contribution is -2.43. The van der Waals surface area contributed by atoms with Gasteiger partial charge in [-0.3, -0.25) is 4.79 Å². The maximum atomic E-state index is 12.9. The number of nitrogens with zero attached hydrogens (tertiary/aromatic N) is 1. The van der Waals surface area contributed by atoms with E-state index in [1.807, 2.05) is 44.2 Å². The van der Waals surface area contributed by atoms with Crippen molar-refractivity contribution < 1.29 is 14.1 Å². The largest absolute Gasteiger partial charge is 0.361 e. The SMILES string of the molecule is CCc1noc(C)c1CNC(=O)C1(c2ccccc2)CCCO1. The zero-order valence-electron chi connectivity index (χ0n) is 13.6. The summed E-state index contributed by atoms with van der Waals surface area (Å²) in [5.41, 5.74) is 1.89. The van der Waals surface area contributed by atoms with Gasteiger partial charge in [-0.1, -0.05) is 42.4 Å². The second kappa shape index (κ2) is 6.54. The average molecular weight is 314 g/mol. The van der Waals surface area contributed by atoms with Gasteiger partial charge < -0.3 is 14.6 Å². The molecule has 1 aromatic carbocycles. The van der Waals surface area contributed by atoms with Gasteiger partial charge in [-0.15, -0.1) is 0 Å². The molecule has 3 rings (SSSR count). The molecule has 5 nitrogen and oxygen atoms in total. The van der Waals surface area contributed by atoms with E-state index in [2.05, 4.69) is 10.5 Å². The Kier molecular flexibility index (Phi) is 4.48. The predicted molar refractivity (Wildman–Crippen MR) is 85.8 cm³/mol. The van der Waals surface area contributed by atoms with E-state index in [0.717, 1.165) is 35.4 Å². The molecule has 1 aromatic heterocycles. The average Bonchev–Trinajstić information content (AvgIpc) is 3.21. The van der Waals surface area contributed by atoms with Crippen molar-refractivity contribution in [2.45, 2.75) is 45.3 Å². The van der Waals surface area contributed by atoms with Gasteiger partial charge in [-0.25, -0.2) is 0 Å². The van der Waals surface area contributed by atoms with Gasteiger partial charge >= 0.3 is 0 Å². The van der Waals surface area contributed by atoms with Crippen LogP contribution in [0.4, 0.5) is 0 Å². The summed E-state index contributed by atoms with van der Waals surface area (Å²) in [5.74, 6) is 0.659. The first kappa shape index (κ1) is 15.7. The summed E-state index contributed by atoms with van der Waals surface area (Å²) in [6.07, 6.45) is 2.36. The zero-order chi connectivity index (χ0) is 16.3. The van der Waals surface area contributed by atoms with E-state index in [1.54, 1.807) is 0 Å². The van der Waals surface area contributed by atoms with Gasteiger partial charge in [0.05, 0.1) is 5.69 Å². The van der Waals surface area contributed by atoms with Crippen LogP contribution in [0.2, 0.25) is 0 Å². The third-order valence-corrected chi connectivity index (χ3v) is 4.46. The van der Waals surface area contributed by atoms with Gasteiger partial charge in [-0.05, 0) is 31.7 Å². The minimum absolute atomic E-state index is 0.0937. The smallest absolute Gasteiger partial charge is 0.257 e. The van der Waals surface area contributed by atoms with Crippen LogP contribution in [0.5, 0.6) is 0 Å². The lowest BCUT2D eigenvalue weighted by molar-refractivity contribution is -0.142. The lowest BCUT2D eigenvalue weighted by atomic mass is 9.89. The molecule has 0 spiro atoms. The van der Waals surface area contributed by atoms with Crippen molar-refractivity contribution >= 4 is 5.91 Å². The van der Waals surface area contributed by atoms with Crippen molar-refractivity contribution in [3.05, 3.63) is 52.9 Å². The van der Waals surface area contributed by atoms with Crippen molar-refractivity contribution in [3.8, 4) is 0 Å². The quantitative estimate of drug-likeness (QED) is 0.921. The molecule has 1 saturated heterocycles. The summed E-state index contributed by atoms with van der Waals surface area (Å²) in [6, 6.07) is 9.72. The fourth-order valence-electron chi connectivity index (χ4n) is 3.14. The first-order valence-corrected chi connectivity index (χ1v) is 8.09. The number of hydrogen-bond acceptors (Lipinski definition) is 4. The molecule has 23 heavy (non-hydrogen) atoms. The Morgan fingerprint density at radius 1 is 1.35 bits per heavy atom. The summed E-state index contributed by atoms with van der Waals surface area (Å²) >= 11 is 0. The van der Waals surface area contributed by atoms with Gasteiger partial charge in [0.1, 0.15) is 5.76 Å². The van der Waals surface area contributed by atoms with Crippen LogP contribution >= 0.6 is 0 Å². The topological polar surface area (TPSA) is 64.4 Å². The molecule has 1 unspecified atom stereocenters. The predicted octanol–water partition coefficient (Wildman–Crippen LogP) is 2.87. The van der Waals surface area contributed by atoms with Gasteiger partial charge in [0, 0.05) is 18.7 Å². The monoisotopic (exact) mass is 314 g/mol. The Balaban J connectivity index is 1.79. The van der Waals surface area contributed by atoms with Crippen molar-refractivity contribution in [3.63, 3.8) is 0 Å². The molecule has 1 atom stereocenters. The summed E-state index contributed by atoms with van der Waals surface area (Å²) in [4.78, 5) is 12.9. The number of aromatic nitrogens is 1. The van der Waals surface area contributed by atoms with Crippen LogP contribution in [0, 0.1) is 6.92 Å². The number of aryl methyl sites for hydroxylation is 2. The van der Waals surface area contributed by atoms with Crippen molar-refractivity contribution in [1.29, 1.82) is 0 Å². The van der Waals surface area contributed by atoms with E-state index in [4.69, 9.17) is 9.26 Å².